The highest BCUT2D eigenvalue weighted by molar-refractivity contribution is 7.92. The number of carbonyl (C=O) groups is 1. The Balaban J connectivity index is 1.88. The maximum absolute atomic E-state index is 14.8. The van der Waals surface area contributed by atoms with E-state index in [1.165, 1.54) is 59.9 Å². The number of methoxy groups -OCH3 is 1. The maximum atomic E-state index is 14.8. The molecule has 5 rings (SSSR count). The van der Waals surface area contributed by atoms with Crippen LogP contribution in [-0.4, -0.2) is 46.5 Å². The second kappa shape index (κ2) is 11.7. The molecule has 0 aliphatic carbocycles. The summed E-state index contributed by atoms with van der Waals surface area (Å²) >= 11 is 0. The number of sulfonamides is 1. The van der Waals surface area contributed by atoms with E-state index in [0.717, 1.165) is 19.2 Å². The summed E-state index contributed by atoms with van der Waals surface area (Å²) in [6.45, 7) is 0. The average molecular weight is 699 g/mol. The number of esters is 1. The molecular formula is C29H24F6N6O6S. The fourth-order valence-corrected chi connectivity index (χ4v) is 5.83. The third kappa shape index (κ3) is 6.15. The number of carbonyl (C=O) groups excluding carboxylic acids is 1. The van der Waals surface area contributed by atoms with Crippen molar-refractivity contribution in [3.63, 3.8) is 0 Å². The van der Waals surface area contributed by atoms with Crippen LogP contribution in [0, 0.1) is 0 Å². The van der Waals surface area contributed by atoms with Gasteiger partial charge in [-0.05, 0) is 42.5 Å². The van der Waals surface area contributed by atoms with E-state index in [1.807, 2.05) is 0 Å². The number of ether oxygens (including phenoxy) is 1. The largest absolute Gasteiger partial charge is 0.465 e. The third-order valence-electron chi connectivity index (χ3n) is 7.31. The van der Waals surface area contributed by atoms with Crippen LogP contribution in [0.2, 0.25) is 0 Å². The molecule has 0 radical (unpaired) electrons. The lowest BCUT2D eigenvalue weighted by atomic mass is 9.96. The number of benzene rings is 2. The van der Waals surface area contributed by atoms with Gasteiger partial charge in [-0.1, -0.05) is 0 Å². The summed E-state index contributed by atoms with van der Waals surface area (Å²) in [6.07, 6.45) is -6.87. The van der Waals surface area contributed by atoms with Gasteiger partial charge in [0.1, 0.15) is 0 Å². The molecule has 5 aromatic rings. The number of aromatic amines is 1. The standard InChI is InChI=1S/C29H24F6N6O6S/c1-39-9-5-7-20(39)14-11-15-19(13-18(14)28(30,31)32)36-27(44)41(25(15)42)37-23-17(26(43)47-3)12-16(21-8-6-10-40(21)2)22(29(33,34)35)24(23)38-48(4,45)46/h5-13,37-38H,1-4H3,(H,36,44). The molecule has 0 aliphatic rings. The Morgan fingerprint density at radius 2 is 1.46 bits per heavy atom. The van der Waals surface area contributed by atoms with Crippen molar-refractivity contribution in [1.82, 2.24) is 18.8 Å². The second-order valence-electron chi connectivity index (χ2n) is 10.6. The zero-order chi connectivity index (χ0) is 35.5. The third-order valence-corrected chi connectivity index (χ3v) is 7.88. The van der Waals surface area contributed by atoms with Gasteiger partial charge in [-0.25, -0.2) is 18.0 Å². The normalized spacial score (nSPS) is 12.4. The van der Waals surface area contributed by atoms with Gasteiger partial charge in [-0.2, -0.15) is 31.0 Å². The van der Waals surface area contributed by atoms with Gasteiger partial charge in [-0.15, -0.1) is 0 Å². The van der Waals surface area contributed by atoms with Crippen LogP contribution < -0.4 is 21.4 Å². The van der Waals surface area contributed by atoms with Crippen LogP contribution in [0.4, 0.5) is 37.7 Å². The summed E-state index contributed by atoms with van der Waals surface area (Å²) in [4.78, 5) is 42.1. The summed E-state index contributed by atoms with van der Waals surface area (Å²) in [5, 5.41) is -0.514. The molecule has 0 amide bonds. The summed E-state index contributed by atoms with van der Waals surface area (Å²) in [5.41, 5.74) is -8.28. The number of anilines is 2. The number of halogens is 6. The van der Waals surface area contributed by atoms with Crippen molar-refractivity contribution in [1.29, 1.82) is 0 Å². The number of nitrogens with one attached hydrogen (secondary N) is 3. The van der Waals surface area contributed by atoms with E-state index in [0.29, 0.717) is 12.3 Å². The van der Waals surface area contributed by atoms with Crippen molar-refractivity contribution in [3.05, 3.63) is 92.4 Å². The molecule has 0 atom stereocenters. The van der Waals surface area contributed by atoms with Crippen LogP contribution in [0.15, 0.2) is 64.4 Å². The summed E-state index contributed by atoms with van der Waals surface area (Å²) < 4.78 is 121. The number of fused-ring (bicyclic) bond motifs is 1. The molecule has 2 aromatic carbocycles. The number of nitrogens with zero attached hydrogens (tertiary/aromatic N) is 3. The van der Waals surface area contributed by atoms with Crippen molar-refractivity contribution in [2.24, 2.45) is 14.1 Å². The quantitative estimate of drug-likeness (QED) is 0.164. The van der Waals surface area contributed by atoms with Crippen LogP contribution in [-0.2, 0) is 41.2 Å². The molecule has 0 saturated carbocycles. The van der Waals surface area contributed by atoms with Gasteiger partial charge in [-0.3, -0.25) is 14.9 Å². The van der Waals surface area contributed by atoms with Gasteiger partial charge >= 0.3 is 24.0 Å². The molecule has 12 nitrogen and oxygen atoms in total. The zero-order valence-electron chi connectivity index (χ0n) is 25.2. The van der Waals surface area contributed by atoms with E-state index in [2.05, 4.69) is 10.4 Å². The van der Waals surface area contributed by atoms with E-state index >= 15 is 0 Å². The Labute approximate surface area is 266 Å². The lowest BCUT2D eigenvalue weighted by Gasteiger charge is -2.24. The molecule has 48 heavy (non-hydrogen) atoms. The van der Waals surface area contributed by atoms with Gasteiger partial charge in [0.2, 0.25) is 10.0 Å². The highest BCUT2D eigenvalue weighted by atomic mass is 32.2. The molecule has 0 unspecified atom stereocenters. The number of hydrogen-bond acceptors (Lipinski definition) is 7. The van der Waals surface area contributed by atoms with Crippen molar-refractivity contribution in [2.45, 2.75) is 12.4 Å². The number of H-pyrrole nitrogens is 1. The topological polar surface area (TPSA) is 149 Å². The van der Waals surface area contributed by atoms with E-state index in [1.54, 1.807) is 4.72 Å². The summed E-state index contributed by atoms with van der Waals surface area (Å²) in [5.74, 6) is -1.30. The molecular weight excluding hydrogens is 674 g/mol. The molecule has 3 heterocycles. The molecule has 19 heteroatoms. The summed E-state index contributed by atoms with van der Waals surface area (Å²) in [7, 11) is -0.829. The Morgan fingerprint density at radius 3 is 1.94 bits per heavy atom. The number of aromatic nitrogens is 4. The van der Waals surface area contributed by atoms with E-state index in [4.69, 9.17) is 4.74 Å². The van der Waals surface area contributed by atoms with Crippen molar-refractivity contribution in [2.75, 3.05) is 23.5 Å². The highest BCUT2D eigenvalue weighted by Gasteiger charge is 2.41. The molecule has 0 fully saturated rings. The first kappa shape index (κ1) is 33.9. The number of alkyl halides is 6. The van der Waals surface area contributed by atoms with Crippen molar-refractivity contribution >= 4 is 38.3 Å². The van der Waals surface area contributed by atoms with Crippen LogP contribution in [0.3, 0.4) is 0 Å². The highest BCUT2D eigenvalue weighted by Crippen LogP contribution is 2.47. The zero-order valence-corrected chi connectivity index (χ0v) is 26.0. The minimum atomic E-state index is -5.31. The van der Waals surface area contributed by atoms with Crippen molar-refractivity contribution in [3.8, 4) is 22.5 Å². The monoisotopic (exact) mass is 698 g/mol. The number of rotatable bonds is 7. The molecule has 0 bridgehead atoms. The lowest BCUT2D eigenvalue weighted by Crippen LogP contribution is -2.40. The molecule has 3 aromatic heterocycles. The lowest BCUT2D eigenvalue weighted by molar-refractivity contribution is -0.137. The Kier molecular flexibility index (Phi) is 8.23. The van der Waals surface area contributed by atoms with E-state index < -0.39 is 89.7 Å². The predicted molar refractivity (Wildman–Crippen MR) is 163 cm³/mol. The minimum Gasteiger partial charge on any atom is -0.465 e. The van der Waals surface area contributed by atoms with E-state index in [-0.39, 0.29) is 16.1 Å². The Bertz CT molecular complexity index is 2330. The first-order chi connectivity index (χ1) is 22.2. The smallest absolute Gasteiger partial charge is 0.419 e. The molecule has 0 spiro atoms. The maximum Gasteiger partial charge on any atom is 0.419 e. The molecule has 0 aliphatic heterocycles. The fraction of sp³-hybridized carbons (Fsp3) is 0.207. The predicted octanol–water partition coefficient (Wildman–Crippen LogP) is 4.77. The van der Waals surface area contributed by atoms with Crippen LogP contribution in [0.1, 0.15) is 21.5 Å². The van der Waals surface area contributed by atoms with Crippen LogP contribution >= 0.6 is 0 Å². The average Bonchev–Trinajstić information content (AvgIpc) is 3.60. The Hall–Kier alpha value is -5.46. The van der Waals surface area contributed by atoms with Gasteiger partial charge < -0.3 is 18.9 Å². The van der Waals surface area contributed by atoms with Gasteiger partial charge in [0.05, 0.1) is 52.3 Å². The Morgan fingerprint density at radius 1 is 0.875 bits per heavy atom. The first-order valence-electron chi connectivity index (χ1n) is 13.5. The van der Waals surface area contributed by atoms with Gasteiger partial charge in [0.25, 0.3) is 5.56 Å². The van der Waals surface area contributed by atoms with Crippen LogP contribution in [0.25, 0.3) is 33.4 Å². The van der Waals surface area contributed by atoms with Crippen molar-refractivity contribution < 1.29 is 44.3 Å². The number of aryl methyl sites for hydroxylation is 2. The fourth-order valence-electron chi connectivity index (χ4n) is 5.26. The molecule has 254 valence electrons. The number of hydrogen-bond donors (Lipinski definition) is 3. The molecule has 0 saturated heterocycles. The SMILES string of the molecule is COC(=O)c1cc(-c2cccn2C)c(C(F)(F)F)c(NS(C)(=O)=O)c1Nn1c(=O)[nH]c2cc(C(F)(F)F)c(-c3cccn3C)cc2c1=O. The second-order valence-corrected chi connectivity index (χ2v) is 12.3. The van der Waals surface area contributed by atoms with Gasteiger partial charge in [0.15, 0.2) is 0 Å². The first-order valence-corrected chi connectivity index (χ1v) is 15.4. The summed E-state index contributed by atoms with van der Waals surface area (Å²) in [6, 6.07) is 7.58. The van der Waals surface area contributed by atoms with E-state index in [9.17, 15) is 49.1 Å². The van der Waals surface area contributed by atoms with Gasteiger partial charge in [0, 0.05) is 49.0 Å². The minimum absolute atomic E-state index is 0.0352. The van der Waals surface area contributed by atoms with Crippen LogP contribution in [0.5, 0.6) is 0 Å². The molecule has 3 N–H and O–H groups in total.